The number of carbonyl (C=O) groups is 2. The van der Waals surface area contributed by atoms with Crippen LogP contribution in [0.4, 0.5) is 0 Å². The van der Waals surface area contributed by atoms with Crippen LogP contribution >= 0.6 is 0 Å². The molecule has 0 unspecified atom stereocenters. The number of hydrogen-bond donors (Lipinski definition) is 2. The van der Waals surface area contributed by atoms with Gasteiger partial charge >= 0.3 is 5.97 Å². The van der Waals surface area contributed by atoms with Crippen molar-refractivity contribution >= 4 is 12.3 Å². The molecule has 106 valence electrons. The molecule has 0 amide bonds. The van der Waals surface area contributed by atoms with E-state index in [2.05, 4.69) is 5.73 Å². The highest BCUT2D eigenvalue weighted by molar-refractivity contribution is 5.84. The molecule has 0 saturated carbocycles. The van der Waals surface area contributed by atoms with Gasteiger partial charge in [-0.15, -0.1) is 0 Å². The summed E-state index contributed by atoms with van der Waals surface area (Å²) in [5, 5.41) is 8.48. The SMILES string of the molecule is CN.COc1cc(OCC(=O)O)cc(OC)c1C=O. The predicted molar refractivity (Wildman–Crippen MR) is 68.2 cm³/mol. The Morgan fingerprint density at radius 1 is 1.26 bits per heavy atom. The Kier molecular flexibility index (Phi) is 7.71. The first-order valence-corrected chi connectivity index (χ1v) is 5.26. The van der Waals surface area contributed by atoms with Crippen LogP contribution in [0.3, 0.4) is 0 Å². The fourth-order valence-corrected chi connectivity index (χ4v) is 1.26. The number of nitrogens with two attached hydrogens (primary N) is 1. The average molecular weight is 271 g/mol. The van der Waals surface area contributed by atoms with Crippen LogP contribution in [-0.4, -0.2) is 45.2 Å². The number of aldehydes is 1. The topological polar surface area (TPSA) is 108 Å². The van der Waals surface area contributed by atoms with E-state index in [9.17, 15) is 9.59 Å². The molecule has 1 aromatic carbocycles. The minimum absolute atomic E-state index is 0.248. The summed E-state index contributed by atoms with van der Waals surface area (Å²) in [6.45, 7) is -0.479. The van der Waals surface area contributed by atoms with E-state index in [1.807, 2.05) is 0 Å². The van der Waals surface area contributed by atoms with E-state index in [1.54, 1.807) is 0 Å². The number of rotatable bonds is 6. The summed E-state index contributed by atoms with van der Waals surface area (Å²) >= 11 is 0. The van der Waals surface area contributed by atoms with E-state index in [1.165, 1.54) is 33.4 Å². The zero-order valence-corrected chi connectivity index (χ0v) is 11.0. The Hall–Kier alpha value is -2.28. The molecule has 0 heterocycles. The van der Waals surface area contributed by atoms with Crippen molar-refractivity contribution in [2.45, 2.75) is 0 Å². The third-order valence-corrected chi connectivity index (χ3v) is 2.00. The van der Waals surface area contributed by atoms with Crippen LogP contribution in [-0.2, 0) is 4.79 Å². The standard InChI is InChI=1S/C11H12O6.CH5N/c1-15-9-3-7(17-6-11(13)14)4-10(16-2)8(9)5-12;1-2/h3-5H,6H2,1-2H3,(H,13,14);2H2,1H3. The van der Waals surface area contributed by atoms with Gasteiger partial charge in [0.2, 0.25) is 0 Å². The molecule has 7 heteroatoms. The second-order valence-electron chi connectivity index (χ2n) is 3.04. The normalized spacial score (nSPS) is 8.84. The van der Waals surface area contributed by atoms with Gasteiger partial charge in [-0.05, 0) is 7.05 Å². The molecule has 0 bridgehead atoms. The average Bonchev–Trinajstić information content (AvgIpc) is 2.45. The van der Waals surface area contributed by atoms with Crippen molar-refractivity contribution < 1.29 is 28.9 Å². The first kappa shape index (κ1) is 16.7. The minimum atomic E-state index is -1.10. The summed E-state index contributed by atoms with van der Waals surface area (Å²) in [4.78, 5) is 21.2. The summed E-state index contributed by atoms with van der Waals surface area (Å²) in [5.41, 5.74) is 4.75. The quantitative estimate of drug-likeness (QED) is 0.727. The molecule has 3 N–H and O–H groups in total. The van der Waals surface area contributed by atoms with E-state index in [-0.39, 0.29) is 22.8 Å². The Morgan fingerprint density at radius 2 is 1.74 bits per heavy atom. The maximum Gasteiger partial charge on any atom is 0.341 e. The highest BCUT2D eigenvalue weighted by Gasteiger charge is 2.13. The highest BCUT2D eigenvalue weighted by Crippen LogP contribution is 2.32. The lowest BCUT2D eigenvalue weighted by Gasteiger charge is -2.11. The van der Waals surface area contributed by atoms with Crippen LogP contribution in [0.1, 0.15) is 10.4 Å². The molecule has 0 radical (unpaired) electrons. The molecule has 0 saturated heterocycles. The molecule has 0 aliphatic rings. The van der Waals surface area contributed by atoms with Crippen molar-refractivity contribution in [2.24, 2.45) is 5.73 Å². The number of methoxy groups -OCH3 is 2. The fourth-order valence-electron chi connectivity index (χ4n) is 1.26. The van der Waals surface area contributed by atoms with Crippen LogP contribution in [0.25, 0.3) is 0 Å². The summed E-state index contributed by atoms with van der Waals surface area (Å²) in [6, 6.07) is 2.85. The molecule has 1 rings (SSSR count). The van der Waals surface area contributed by atoms with Gasteiger partial charge in [0.25, 0.3) is 0 Å². The van der Waals surface area contributed by atoms with Crippen molar-refractivity contribution in [3.63, 3.8) is 0 Å². The van der Waals surface area contributed by atoms with Crippen LogP contribution < -0.4 is 19.9 Å². The molecule has 19 heavy (non-hydrogen) atoms. The second-order valence-corrected chi connectivity index (χ2v) is 3.04. The van der Waals surface area contributed by atoms with E-state index < -0.39 is 12.6 Å². The summed E-state index contributed by atoms with van der Waals surface area (Å²) in [6.07, 6.45) is 0.596. The number of hydrogen-bond acceptors (Lipinski definition) is 6. The molecule has 0 fully saturated rings. The molecule has 0 aliphatic carbocycles. The lowest BCUT2D eigenvalue weighted by Crippen LogP contribution is -2.09. The molecular weight excluding hydrogens is 254 g/mol. The molecular formula is C12H17NO6. The van der Waals surface area contributed by atoms with Crippen molar-refractivity contribution in [1.29, 1.82) is 0 Å². The minimum Gasteiger partial charge on any atom is -0.496 e. The van der Waals surface area contributed by atoms with Crippen LogP contribution in [0.2, 0.25) is 0 Å². The van der Waals surface area contributed by atoms with Crippen LogP contribution in [0, 0.1) is 0 Å². The number of carbonyl (C=O) groups excluding carboxylic acids is 1. The molecule has 0 aliphatic heterocycles. The number of carboxylic acid groups (broad SMARTS) is 1. The molecule has 1 aromatic rings. The third kappa shape index (κ3) is 4.84. The van der Waals surface area contributed by atoms with Gasteiger partial charge in [0.05, 0.1) is 19.8 Å². The fraction of sp³-hybridized carbons (Fsp3) is 0.333. The van der Waals surface area contributed by atoms with Gasteiger partial charge in [0.1, 0.15) is 17.2 Å². The van der Waals surface area contributed by atoms with Gasteiger partial charge < -0.3 is 25.1 Å². The Bertz CT molecular complexity index is 407. The van der Waals surface area contributed by atoms with E-state index in [0.29, 0.717) is 6.29 Å². The monoisotopic (exact) mass is 271 g/mol. The van der Waals surface area contributed by atoms with Crippen molar-refractivity contribution in [1.82, 2.24) is 0 Å². The predicted octanol–water partition coefficient (Wildman–Crippen LogP) is 0.555. The number of benzene rings is 1. The van der Waals surface area contributed by atoms with E-state index in [4.69, 9.17) is 19.3 Å². The lowest BCUT2D eigenvalue weighted by atomic mass is 10.2. The van der Waals surface area contributed by atoms with Gasteiger partial charge in [0, 0.05) is 12.1 Å². The number of carboxylic acids is 1. The van der Waals surface area contributed by atoms with Gasteiger partial charge in [-0.25, -0.2) is 4.79 Å². The number of ether oxygens (including phenoxy) is 3. The smallest absolute Gasteiger partial charge is 0.341 e. The molecule has 0 spiro atoms. The Labute approximate surface area is 110 Å². The first-order valence-electron chi connectivity index (χ1n) is 5.26. The van der Waals surface area contributed by atoms with E-state index >= 15 is 0 Å². The first-order chi connectivity index (χ1) is 9.12. The van der Waals surface area contributed by atoms with Crippen molar-refractivity contribution in [2.75, 3.05) is 27.9 Å². The van der Waals surface area contributed by atoms with E-state index in [0.717, 1.165) is 0 Å². The van der Waals surface area contributed by atoms with Gasteiger partial charge in [-0.2, -0.15) is 0 Å². The van der Waals surface area contributed by atoms with Gasteiger partial charge in [-0.3, -0.25) is 4.79 Å². The zero-order chi connectivity index (χ0) is 14.8. The Balaban J connectivity index is 0.00000154. The van der Waals surface area contributed by atoms with Gasteiger partial charge in [0.15, 0.2) is 12.9 Å². The van der Waals surface area contributed by atoms with Crippen molar-refractivity contribution in [3.05, 3.63) is 17.7 Å². The molecule has 0 atom stereocenters. The zero-order valence-electron chi connectivity index (χ0n) is 11.0. The molecule has 7 nitrogen and oxygen atoms in total. The number of aliphatic carboxylic acids is 1. The van der Waals surface area contributed by atoms with Gasteiger partial charge in [-0.1, -0.05) is 0 Å². The van der Waals surface area contributed by atoms with Crippen LogP contribution in [0.15, 0.2) is 12.1 Å². The Morgan fingerprint density at radius 3 is 2.05 bits per heavy atom. The molecule has 0 aromatic heterocycles. The van der Waals surface area contributed by atoms with Crippen LogP contribution in [0.5, 0.6) is 17.2 Å². The largest absolute Gasteiger partial charge is 0.496 e. The summed E-state index contributed by atoms with van der Waals surface area (Å²) in [5.74, 6) is -0.312. The maximum atomic E-state index is 10.8. The second kappa shape index (κ2) is 8.76. The highest BCUT2D eigenvalue weighted by atomic mass is 16.5. The lowest BCUT2D eigenvalue weighted by molar-refractivity contribution is -0.139. The summed E-state index contributed by atoms with van der Waals surface area (Å²) < 4.78 is 15.0. The maximum absolute atomic E-state index is 10.8. The third-order valence-electron chi connectivity index (χ3n) is 2.00. The summed E-state index contributed by atoms with van der Waals surface area (Å²) in [7, 11) is 4.28. The van der Waals surface area contributed by atoms with Crippen molar-refractivity contribution in [3.8, 4) is 17.2 Å².